The van der Waals surface area contributed by atoms with E-state index in [9.17, 15) is 14.7 Å². The van der Waals surface area contributed by atoms with E-state index in [1.54, 1.807) is 11.8 Å². The molecule has 7 nitrogen and oxygen atoms in total. The highest BCUT2D eigenvalue weighted by Crippen LogP contribution is 2.33. The van der Waals surface area contributed by atoms with Crippen molar-refractivity contribution in [3.63, 3.8) is 0 Å². The van der Waals surface area contributed by atoms with E-state index in [0.717, 1.165) is 6.42 Å². The van der Waals surface area contributed by atoms with Crippen molar-refractivity contribution in [3.8, 4) is 0 Å². The summed E-state index contributed by atoms with van der Waals surface area (Å²) in [6.07, 6.45) is 1.05. The summed E-state index contributed by atoms with van der Waals surface area (Å²) in [6.45, 7) is 9.15. The highest BCUT2D eigenvalue weighted by Gasteiger charge is 2.46. The Kier molecular flexibility index (Phi) is 5.20. The van der Waals surface area contributed by atoms with Gasteiger partial charge in [-0.15, -0.1) is 0 Å². The van der Waals surface area contributed by atoms with Crippen molar-refractivity contribution >= 4 is 17.8 Å². The Balaban J connectivity index is 2.31. The Morgan fingerprint density at radius 2 is 2.00 bits per heavy atom. The van der Waals surface area contributed by atoms with E-state index in [1.807, 2.05) is 20.8 Å². The summed E-state index contributed by atoms with van der Waals surface area (Å²) in [5, 5.41) is 9.96. The Morgan fingerprint density at radius 1 is 1.33 bits per heavy atom. The average Bonchev–Trinajstić information content (AvgIpc) is 2.75. The second-order valence-corrected chi connectivity index (χ2v) is 7.04. The lowest BCUT2D eigenvalue weighted by Crippen LogP contribution is -2.51. The molecule has 2 aliphatic heterocycles. The number of aliphatic imine (C=N–C) groups is 1. The third kappa shape index (κ3) is 3.71. The quantitative estimate of drug-likeness (QED) is 0.485. The summed E-state index contributed by atoms with van der Waals surface area (Å²) in [4.78, 5) is 30.9. The SMILES string of the molecule is CCOC(=O)C(C1=NC[C@H]2CC[C@@H]1N2C(=O)OC(C)(C)C)=C(C)O. The fourth-order valence-corrected chi connectivity index (χ4v) is 3.12. The Morgan fingerprint density at radius 3 is 2.54 bits per heavy atom. The summed E-state index contributed by atoms with van der Waals surface area (Å²) in [5.74, 6) is -0.771. The van der Waals surface area contributed by atoms with E-state index in [1.165, 1.54) is 6.92 Å². The van der Waals surface area contributed by atoms with Gasteiger partial charge in [-0.2, -0.15) is 0 Å². The molecule has 2 heterocycles. The van der Waals surface area contributed by atoms with Crippen molar-refractivity contribution in [3.05, 3.63) is 11.3 Å². The van der Waals surface area contributed by atoms with Crippen LogP contribution in [0.1, 0.15) is 47.5 Å². The third-order valence-electron chi connectivity index (χ3n) is 3.99. The van der Waals surface area contributed by atoms with Crippen LogP contribution < -0.4 is 0 Å². The molecule has 0 spiro atoms. The number of allylic oxidation sites excluding steroid dienone is 1. The predicted octanol–water partition coefficient (Wildman–Crippen LogP) is 2.60. The van der Waals surface area contributed by atoms with Gasteiger partial charge in [0.05, 0.1) is 30.9 Å². The number of ether oxygens (including phenoxy) is 2. The maximum absolute atomic E-state index is 12.6. The molecule has 0 unspecified atom stereocenters. The van der Waals surface area contributed by atoms with Gasteiger partial charge in [0.25, 0.3) is 0 Å². The second kappa shape index (κ2) is 6.83. The fourth-order valence-electron chi connectivity index (χ4n) is 3.12. The lowest BCUT2D eigenvalue weighted by molar-refractivity contribution is -0.138. The largest absolute Gasteiger partial charge is 0.512 e. The van der Waals surface area contributed by atoms with Gasteiger partial charge < -0.3 is 14.6 Å². The molecular weight excluding hydrogens is 312 g/mol. The van der Waals surface area contributed by atoms with Crippen LogP contribution in [-0.4, -0.2) is 58.6 Å². The molecule has 1 fully saturated rings. The molecule has 0 aromatic heterocycles. The highest BCUT2D eigenvalue weighted by molar-refractivity contribution is 6.23. The standard InChI is InChI=1S/C17H26N2O5/c1-6-23-15(21)13(10(2)20)14-12-8-7-11(9-18-14)19(12)16(22)24-17(3,4)5/h11-12,20H,6-9H2,1-5H3/t11-,12+/m1/s1. The average molecular weight is 338 g/mol. The van der Waals surface area contributed by atoms with Gasteiger partial charge in [-0.3, -0.25) is 9.89 Å². The smallest absolute Gasteiger partial charge is 0.411 e. The molecule has 134 valence electrons. The normalized spacial score (nSPS) is 24.2. The zero-order valence-corrected chi connectivity index (χ0v) is 15.0. The number of aliphatic hydroxyl groups excluding tert-OH is 1. The highest BCUT2D eigenvalue weighted by atomic mass is 16.6. The molecular formula is C17H26N2O5. The van der Waals surface area contributed by atoms with Crippen molar-refractivity contribution < 1.29 is 24.2 Å². The maximum atomic E-state index is 12.6. The van der Waals surface area contributed by atoms with Gasteiger partial charge >= 0.3 is 12.1 Å². The molecule has 1 amide bonds. The van der Waals surface area contributed by atoms with Crippen molar-refractivity contribution in [2.45, 2.75) is 65.1 Å². The van der Waals surface area contributed by atoms with E-state index in [-0.39, 0.29) is 30.0 Å². The topological polar surface area (TPSA) is 88.4 Å². The molecule has 7 heteroatoms. The first-order valence-corrected chi connectivity index (χ1v) is 8.28. The molecule has 2 atom stereocenters. The first-order valence-electron chi connectivity index (χ1n) is 8.28. The Labute approximate surface area is 142 Å². The molecule has 0 aliphatic carbocycles. The van der Waals surface area contributed by atoms with Gasteiger partial charge in [-0.05, 0) is 47.5 Å². The van der Waals surface area contributed by atoms with E-state index in [2.05, 4.69) is 4.99 Å². The zero-order chi connectivity index (χ0) is 18.1. The summed E-state index contributed by atoms with van der Waals surface area (Å²) < 4.78 is 10.5. The van der Waals surface area contributed by atoms with Crippen molar-refractivity contribution in [1.29, 1.82) is 0 Å². The van der Waals surface area contributed by atoms with Gasteiger partial charge in [0.2, 0.25) is 0 Å². The monoisotopic (exact) mass is 338 g/mol. The van der Waals surface area contributed by atoms with Gasteiger partial charge in [-0.1, -0.05) is 0 Å². The molecule has 2 aliphatic rings. The number of hydrogen-bond donors (Lipinski definition) is 1. The van der Waals surface area contributed by atoms with Crippen LogP contribution in [0.3, 0.4) is 0 Å². The minimum atomic E-state index is -0.620. The number of nitrogens with zero attached hydrogens (tertiary/aromatic N) is 2. The van der Waals surface area contributed by atoms with E-state index >= 15 is 0 Å². The van der Waals surface area contributed by atoms with Crippen LogP contribution in [0.25, 0.3) is 0 Å². The lowest BCUT2D eigenvalue weighted by Gasteiger charge is -2.35. The molecule has 2 rings (SSSR count). The molecule has 0 radical (unpaired) electrons. The van der Waals surface area contributed by atoms with Crippen molar-refractivity contribution in [2.75, 3.05) is 13.2 Å². The van der Waals surface area contributed by atoms with Crippen LogP contribution in [-0.2, 0) is 14.3 Å². The molecule has 2 bridgehead atoms. The first-order chi connectivity index (χ1) is 11.2. The molecule has 1 N–H and O–H groups in total. The third-order valence-corrected chi connectivity index (χ3v) is 3.99. The Bertz CT molecular complexity index is 584. The van der Waals surface area contributed by atoms with E-state index in [0.29, 0.717) is 18.7 Å². The number of aliphatic hydroxyl groups is 1. The minimum absolute atomic E-state index is 0.0314. The number of esters is 1. The lowest BCUT2D eigenvalue weighted by atomic mass is 9.99. The van der Waals surface area contributed by atoms with Crippen LogP contribution in [0.2, 0.25) is 0 Å². The number of fused-ring (bicyclic) bond motifs is 2. The Hall–Kier alpha value is -2.05. The number of carbonyl (C=O) groups is 2. The molecule has 24 heavy (non-hydrogen) atoms. The van der Waals surface area contributed by atoms with Crippen molar-refractivity contribution in [1.82, 2.24) is 4.90 Å². The summed E-state index contributed by atoms with van der Waals surface area (Å²) in [6, 6.07) is -0.406. The minimum Gasteiger partial charge on any atom is -0.512 e. The zero-order valence-electron chi connectivity index (χ0n) is 15.0. The summed E-state index contributed by atoms with van der Waals surface area (Å²) >= 11 is 0. The number of amides is 1. The number of hydrogen-bond acceptors (Lipinski definition) is 6. The fraction of sp³-hybridized carbons (Fsp3) is 0.706. The number of rotatable bonds is 3. The first kappa shape index (κ1) is 18.3. The van der Waals surface area contributed by atoms with Gasteiger partial charge in [-0.25, -0.2) is 9.59 Å². The van der Waals surface area contributed by atoms with Crippen LogP contribution in [0.15, 0.2) is 16.3 Å². The summed E-state index contributed by atoms with van der Waals surface area (Å²) in [5.41, 5.74) is -0.137. The van der Waals surface area contributed by atoms with Crippen LogP contribution in [0, 0.1) is 0 Å². The van der Waals surface area contributed by atoms with Crippen LogP contribution >= 0.6 is 0 Å². The molecule has 1 saturated heterocycles. The van der Waals surface area contributed by atoms with Crippen molar-refractivity contribution in [2.24, 2.45) is 4.99 Å². The number of carbonyl (C=O) groups excluding carboxylic acids is 2. The van der Waals surface area contributed by atoms with Gasteiger partial charge in [0.1, 0.15) is 16.9 Å². The van der Waals surface area contributed by atoms with Crippen LogP contribution in [0.5, 0.6) is 0 Å². The molecule has 0 aromatic rings. The van der Waals surface area contributed by atoms with E-state index in [4.69, 9.17) is 9.47 Å². The maximum Gasteiger partial charge on any atom is 0.411 e. The van der Waals surface area contributed by atoms with Crippen LogP contribution in [0.4, 0.5) is 4.79 Å². The predicted molar refractivity (Wildman–Crippen MR) is 89.1 cm³/mol. The van der Waals surface area contributed by atoms with Gasteiger partial charge in [0.15, 0.2) is 0 Å². The molecule has 0 saturated carbocycles. The summed E-state index contributed by atoms with van der Waals surface area (Å²) in [7, 11) is 0. The van der Waals surface area contributed by atoms with Gasteiger partial charge in [0, 0.05) is 0 Å². The second-order valence-electron chi connectivity index (χ2n) is 7.04. The molecule has 0 aromatic carbocycles. The van der Waals surface area contributed by atoms with E-state index < -0.39 is 17.7 Å².